The molecule has 2 bridgehead atoms. The molecule has 0 radical (unpaired) electrons. The van der Waals surface area contributed by atoms with Gasteiger partial charge in [-0.05, 0) is 109 Å². The molecule has 85 heavy (non-hydrogen) atoms. The number of fused-ring (bicyclic) bond motifs is 2. The first-order valence-electron chi connectivity index (χ1n) is 27.0. The molecule has 1 unspecified atom stereocenters. The van der Waals surface area contributed by atoms with Crippen LogP contribution in [0.5, 0.6) is 11.5 Å². The Labute approximate surface area is 501 Å². The van der Waals surface area contributed by atoms with E-state index in [0.717, 1.165) is 21.6 Å². The molecule has 0 aromatic heterocycles. The van der Waals surface area contributed by atoms with Gasteiger partial charge in [0.15, 0.2) is 0 Å². The highest BCUT2D eigenvalue weighted by atomic mass is 35.5. The first-order chi connectivity index (χ1) is 40.5. The highest BCUT2D eigenvalue weighted by Crippen LogP contribution is 2.35. The van der Waals surface area contributed by atoms with E-state index in [1.165, 1.54) is 72.8 Å². The SMILES string of the molecule is NCCCC[C@@H]1NC(=O)[C@@H](Cc2ccc(NC(=O)[C@@H](N)CCC(=O)O)cc2)NC(=O)[C@H](Cc2ccc(O)cc2)NC(=O)[C@H](NC(=O)[C@@H](N)Cc2ccc(Cl)cc2)CSSC2[C@@H](C(=O)N[C@H](Cc3ccc(O)cc3)C(N)=O)NC(=O)[C@@H](NC1=O)[C@@H]2O. The van der Waals surface area contributed by atoms with E-state index >= 15 is 0 Å². The highest BCUT2D eigenvalue weighted by molar-refractivity contribution is 8.77. The number of halogens is 1. The van der Waals surface area contributed by atoms with E-state index in [9.17, 15) is 63.3 Å². The molecule has 2 aliphatic rings. The maximum Gasteiger partial charge on any atom is 0.303 e. The van der Waals surface area contributed by atoms with Crippen LogP contribution in [0.4, 0.5) is 5.69 Å². The number of nitrogens with two attached hydrogens (primary N) is 4. The molecule has 4 aromatic carbocycles. The Bertz CT molecular complexity index is 3020. The van der Waals surface area contributed by atoms with E-state index in [4.69, 9.17) is 39.6 Å². The van der Waals surface area contributed by atoms with Crippen molar-refractivity contribution in [2.75, 3.05) is 17.6 Å². The Morgan fingerprint density at radius 2 is 1.18 bits per heavy atom. The minimum absolute atomic E-state index is 0.0144. The van der Waals surface area contributed by atoms with Crippen molar-refractivity contribution in [2.24, 2.45) is 22.9 Å². The van der Waals surface area contributed by atoms with E-state index in [0.29, 0.717) is 33.7 Å². The van der Waals surface area contributed by atoms with Gasteiger partial charge in [-0.15, -0.1) is 0 Å². The van der Waals surface area contributed by atoms with Crippen LogP contribution in [0.3, 0.4) is 0 Å². The topological polar surface area (TPSA) is 452 Å². The number of benzene rings is 4. The van der Waals surface area contributed by atoms with E-state index in [2.05, 4.69) is 42.5 Å². The van der Waals surface area contributed by atoms with Gasteiger partial charge in [-0.3, -0.25) is 47.9 Å². The molecule has 2 aliphatic heterocycles. The number of nitrogens with one attached hydrogen (secondary N) is 8. The third kappa shape index (κ3) is 20.1. The van der Waals surface area contributed by atoms with Gasteiger partial charge in [0.25, 0.3) is 0 Å². The number of piperidine rings is 1. The van der Waals surface area contributed by atoms with Crippen LogP contribution in [-0.4, -0.2) is 158 Å². The van der Waals surface area contributed by atoms with Crippen molar-refractivity contribution < 1.29 is 68.4 Å². The van der Waals surface area contributed by atoms with Crippen molar-refractivity contribution in [3.63, 3.8) is 0 Å². The zero-order chi connectivity index (χ0) is 61.9. The van der Waals surface area contributed by atoms with Crippen molar-refractivity contribution in [3.05, 3.63) is 124 Å². The molecule has 4 aromatic rings. The summed E-state index contributed by atoms with van der Waals surface area (Å²) >= 11 is 6.08. The molecule has 0 aliphatic carbocycles. The Morgan fingerprint density at radius 3 is 1.75 bits per heavy atom. The number of hydrogen-bond donors (Lipinski definition) is 16. The van der Waals surface area contributed by atoms with Crippen LogP contribution in [0.25, 0.3) is 0 Å². The van der Waals surface area contributed by atoms with Gasteiger partial charge in [-0.2, -0.15) is 0 Å². The third-order valence-electron chi connectivity index (χ3n) is 13.8. The summed E-state index contributed by atoms with van der Waals surface area (Å²) in [4.78, 5) is 138. The quantitative estimate of drug-likeness (QED) is 0.0319. The van der Waals surface area contributed by atoms with Crippen molar-refractivity contribution in [3.8, 4) is 11.5 Å². The van der Waals surface area contributed by atoms with Gasteiger partial charge in [0.05, 0.1) is 23.4 Å². The van der Waals surface area contributed by atoms with Gasteiger partial charge in [0.1, 0.15) is 53.8 Å². The van der Waals surface area contributed by atoms with Crippen LogP contribution in [0.2, 0.25) is 5.02 Å². The molecule has 20 N–H and O–H groups in total. The van der Waals surface area contributed by atoms with Crippen molar-refractivity contribution in [1.82, 2.24) is 37.2 Å². The van der Waals surface area contributed by atoms with Gasteiger partial charge >= 0.3 is 5.97 Å². The third-order valence-corrected chi connectivity index (χ3v) is 17.0. The normalized spacial score (nSPS) is 22.4. The second-order valence-corrected chi connectivity index (χ2v) is 23.4. The minimum Gasteiger partial charge on any atom is -0.508 e. The first-order valence-corrected chi connectivity index (χ1v) is 29.8. The highest BCUT2D eigenvalue weighted by Gasteiger charge is 2.49. The number of primary amides is 1. The van der Waals surface area contributed by atoms with E-state index in [-0.39, 0.29) is 80.9 Å². The second-order valence-electron chi connectivity index (χ2n) is 20.4. The number of carbonyl (C=O) groups is 10. The van der Waals surface area contributed by atoms with Crippen LogP contribution in [0, 0.1) is 0 Å². The molecule has 0 spiro atoms. The largest absolute Gasteiger partial charge is 0.508 e. The predicted molar refractivity (Wildman–Crippen MR) is 316 cm³/mol. The van der Waals surface area contributed by atoms with E-state index < -0.39 is 125 Å². The Morgan fingerprint density at radius 1 is 0.647 bits per heavy atom. The summed E-state index contributed by atoms with van der Waals surface area (Å²) in [5.41, 5.74) is 26.0. The summed E-state index contributed by atoms with van der Waals surface area (Å²) in [6.45, 7) is 0.190. The molecular formula is C56H69ClN12O14S2. The average molecular weight is 1230 g/mol. The second kappa shape index (κ2) is 31.8. The van der Waals surface area contributed by atoms with Gasteiger partial charge in [0.2, 0.25) is 53.2 Å². The number of rotatable bonds is 22. The zero-order valence-electron chi connectivity index (χ0n) is 45.7. The molecule has 26 nitrogen and oxygen atoms in total. The zero-order valence-corrected chi connectivity index (χ0v) is 48.1. The number of carboxylic acids is 1. The molecule has 2 heterocycles. The Hall–Kier alpha value is -7.99. The number of amides is 9. The van der Waals surface area contributed by atoms with Crippen molar-refractivity contribution in [1.29, 1.82) is 0 Å². The number of phenols is 2. The fraction of sp³-hybridized carbons (Fsp3) is 0.393. The van der Waals surface area contributed by atoms with E-state index in [1.807, 2.05) is 0 Å². The van der Waals surface area contributed by atoms with Crippen LogP contribution in [0.1, 0.15) is 54.4 Å². The van der Waals surface area contributed by atoms with Crippen LogP contribution in [-0.2, 0) is 73.6 Å². The fourth-order valence-corrected chi connectivity index (χ4v) is 12.1. The van der Waals surface area contributed by atoms with Gasteiger partial charge in [-0.25, -0.2) is 0 Å². The number of anilines is 1. The van der Waals surface area contributed by atoms with Crippen molar-refractivity contribution in [2.45, 2.75) is 124 Å². The van der Waals surface area contributed by atoms with Gasteiger partial charge in [0, 0.05) is 42.1 Å². The molecule has 6 rings (SSSR count). The van der Waals surface area contributed by atoms with Crippen LogP contribution >= 0.6 is 33.2 Å². The molecule has 29 heteroatoms. The average Bonchev–Trinajstić information content (AvgIpc) is 3.39. The minimum atomic E-state index is -1.92. The number of unbranched alkanes of at least 4 members (excludes halogenated alkanes) is 1. The number of aromatic hydroxyl groups is 2. The summed E-state index contributed by atoms with van der Waals surface area (Å²) in [6.07, 6.45) is -2.57. The smallest absolute Gasteiger partial charge is 0.303 e. The summed E-state index contributed by atoms with van der Waals surface area (Å²) in [5.74, 6) is -9.98. The Kier molecular flexibility index (Phi) is 24.7. The number of aliphatic carboxylic acids is 1. The molecule has 0 saturated carbocycles. The first kappa shape index (κ1) is 66.2. The molecule has 11 atom stereocenters. The molecular weight excluding hydrogens is 1160 g/mol. The van der Waals surface area contributed by atoms with Crippen molar-refractivity contribution >= 4 is 98.0 Å². The maximum absolute atomic E-state index is 14.8. The number of aliphatic hydroxyl groups is 1. The Balaban J connectivity index is 1.39. The number of phenolic OH excluding ortho intramolecular Hbond substituents is 2. The predicted octanol–water partition coefficient (Wildman–Crippen LogP) is -1.37. The number of carboxylic acid groups (broad SMARTS) is 1. The monoisotopic (exact) mass is 1230 g/mol. The lowest BCUT2D eigenvalue weighted by molar-refractivity contribution is -0.140. The fourth-order valence-electron chi connectivity index (χ4n) is 9.04. The number of carbonyl (C=O) groups excluding carboxylic acids is 9. The van der Waals surface area contributed by atoms with Crippen LogP contribution in [0.15, 0.2) is 97.1 Å². The van der Waals surface area contributed by atoms with E-state index in [1.54, 1.807) is 24.3 Å². The number of aliphatic hydroxyl groups excluding tert-OH is 1. The van der Waals surface area contributed by atoms with Crippen LogP contribution < -0.4 is 65.5 Å². The van der Waals surface area contributed by atoms with Gasteiger partial charge in [-0.1, -0.05) is 81.7 Å². The standard InChI is InChI=1S/C56H69ClN12O14S2/c57-32-12-4-28(5-13-32)23-37(60)50(77)67-42-27-84-85-47-45(56(83)64-39(48(61)75)24-30-8-16-34(70)17-9-30)69-55(82)44(46(47)74)68-51(78)38(3-1-2-22-58)63-52(79)40(65-53(80)41(66-54(42)81)26-31-10-18-35(71)19-11-31)25-29-6-14-33(15-7-29)62-49(76)36(59)20-21-43(72)73/h4-19,36-42,44-47,70-71,74H,1-3,20-27,58-60H2,(H2,61,75)(H,62,76)(H,63,79)(H,64,83)(H,65,80)(H,66,81)(H,67,77)(H,68,78)(H,69,82)(H,72,73)/t36-,37-,38-,39+,40+,41-,42+,44-,45-,46-,47?/m0/s1. The summed E-state index contributed by atoms with van der Waals surface area (Å²) in [5, 5.41) is 61.1. The van der Waals surface area contributed by atoms with Gasteiger partial charge < -0.3 is 85.9 Å². The number of hydrogen-bond acceptors (Lipinski definition) is 18. The molecule has 2 saturated heterocycles. The molecule has 2 fully saturated rings. The lowest BCUT2D eigenvalue weighted by Gasteiger charge is -2.40. The molecule has 9 amide bonds. The lowest BCUT2D eigenvalue weighted by Crippen LogP contribution is -2.71. The lowest BCUT2D eigenvalue weighted by atomic mass is 9.94. The molecule has 456 valence electrons. The summed E-state index contributed by atoms with van der Waals surface area (Å²) in [7, 11) is 1.62. The summed E-state index contributed by atoms with van der Waals surface area (Å²) < 4.78 is 0. The summed E-state index contributed by atoms with van der Waals surface area (Å²) in [6, 6.07) is 10.5. The maximum atomic E-state index is 14.8.